The van der Waals surface area contributed by atoms with Crippen LogP contribution in [0.1, 0.15) is 28.0 Å². The van der Waals surface area contributed by atoms with Crippen molar-refractivity contribution in [1.29, 1.82) is 0 Å². The molecule has 0 aliphatic rings. The molecular weight excluding hydrogens is 293 g/mol. The molecule has 0 atom stereocenters. The van der Waals surface area contributed by atoms with Gasteiger partial charge in [-0.3, -0.25) is 4.79 Å². The van der Waals surface area contributed by atoms with Crippen molar-refractivity contribution in [2.75, 3.05) is 6.61 Å². The average Bonchev–Trinajstić information content (AvgIpc) is 3.02. The predicted octanol–water partition coefficient (Wildman–Crippen LogP) is 1.34. The number of nitrogens with zero attached hydrogens (tertiary/aromatic N) is 2. The van der Waals surface area contributed by atoms with Crippen LogP contribution in [-0.4, -0.2) is 27.2 Å². The summed E-state index contributed by atoms with van der Waals surface area (Å²) >= 11 is 1.07. The van der Waals surface area contributed by atoms with Crippen LogP contribution in [0.5, 0.6) is 0 Å². The van der Waals surface area contributed by atoms with E-state index in [1.165, 1.54) is 11.4 Å². The number of aliphatic hydroxyl groups is 1. The van der Waals surface area contributed by atoms with Crippen molar-refractivity contribution in [3.8, 4) is 11.8 Å². The zero-order valence-electron chi connectivity index (χ0n) is 11.0. The molecule has 0 saturated heterocycles. The van der Waals surface area contributed by atoms with Gasteiger partial charge in [-0.05, 0) is 29.7 Å². The first kappa shape index (κ1) is 15.1. The summed E-state index contributed by atoms with van der Waals surface area (Å²) in [7, 11) is 0. The Kier molecular flexibility index (Phi) is 5.37. The Morgan fingerprint density at radius 3 is 3.05 bits per heavy atom. The monoisotopic (exact) mass is 305 g/mol. The van der Waals surface area contributed by atoms with E-state index in [4.69, 9.17) is 5.11 Å². The molecule has 1 heterocycles. The number of rotatable bonds is 4. The lowest BCUT2D eigenvalue weighted by Crippen LogP contribution is -2.23. The van der Waals surface area contributed by atoms with Gasteiger partial charge in [-0.1, -0.05) is 16.3 Å². The van der Waals surface area contributed by atoms with E-state index in [1.54, 1.807) is 12.1 Å². The van der Waals surface area contributed by atoms with Gasteiger partial charge in [0.25, 0.3) is 5.91 Å². The molecule has 1 aromatic carbocycles. The predicted molar refractivity (Wildman–Crippen MR) is 76.1 cm³/mol. The second kappa shape index (κ2) is 7.47. The molecule has 21 heavy (non-hydrogen) atoms. The molecule has 0 fully saturated rings. The summed E-state index contributed by atoms with van der Waals surface area (Å²) in [6.07, 6.45) is 0.361. The second-order valence-electron chi connectivity index (χ2n) is 4.05. The molecule has 0 bridgehead atoms. The Bertz CT molecular complexity index is 677. The standard InChI is InChI=1S/C14H12FN3O2S/c15-12-5-4-10(3-1-2-6-19)7-11(12)8-16-14(20)13-9-21-18-17-13/h4-5,7,9,19H,2,6,8H2,(H,16,20). The molecule has 2 aromatic rings. The van der Waals surface area contributed by atoms with Crippen LogP contribution < -0.4 is 5.32 Å². The van der Waals surface area contributed by atoms with Gasteiger partial charge in [0, 0.05) is 29.5 Å². The fourth-order valence-corrected chi connectivity index (χ4v) is 1.97. The third-order valence-corrected chi connectivity index (χ3v) is 3.05. The topological polar surface area (TPSA) is 75.1 Å². The van der Waals surface area contributed by atoms with Crippen molar-refractivity contribution < 1.29 is 14.3 Å². The molecule has 2 N–H and O–H groups in total. The summed E-state index contributed by atoms with van der Waals surface area (Å²) in [5, 5.41) is 16.4. The lowest BCUT2D eigenvalue weighted by atomic mass is 10.1. The number of carbonyl (C=O) groups excluding carboxylic acids is 1. The Hall–Kier alpha value is -2.30. The Morgan fingerprint density at radius 2 is 2.33 bits per heavy atom. The van der Waals surface area contributed by atoms with Crippen LogP contribution in [0.4, 0.5) is 4.39 Å². The normalized spacial score (nSPS) is 9.81. The maximum atomic E-state index is 13.7. The first-order valence-electron chi connectivity index (χ1n) is 6.14. The number of benzene rings is 1. The number of amides is 1. The van der Waals surface area contributed by atoms with Crippen molar-refractivity contribution in [3.05, 3.63) is 46.2 Å². The number of carbonyl (C=O) groups is 1. The Balaban J connectivity index is 2.04. The maximum Gasteiger partial charge on any atom is 0.273 e. The minimum absolute atomic E-state index is 0.0151. The number of aromatic nitrogens is 2. The average molecular weight is 305 g/mol. The van der Waals surface area contributed by atoms with Crippen molar-refractivity contribution in [1.82, 2.24) is 14.9 Å². The molecule has 1 amide bonds. The van der Waals surface area contributed by atoms with Gasteiger partial charge in [0.15, 0.2) is 5.69 Å². The molecule has 0 saturated carbocycles. The number of hydrogen-bond acceptors (Lipinski definition) is 5. The zero-order valence-corrected chi connectivity index (χ0v) is 11.8. The first-order chi connectivity index (χ1) is 10.2. The highest BCUT2D eigenvalue weighted by Crippen LogP contribution is 2.10. The highest BCUT2D eigenvalue weighted by molar-refractivity contribution is 7.03. The van der Waals surface area contributed by atoms with Crippen molar-refractivity contribution in [2.45, 2.75) is 13.0 Å². The molecule has 108 valence electrons. The SMILES string of the molecule is O=C(NCc1cc(C#CCCO)ccc1F)c1csnn1. The Labute approximate surface area is 125 Å². The van der Waals surface area contributed by atoms with Crippen LogP contribution in [0.3, 0.4) is 0 Å². The minimum atomic E-state index is -0.417. The molecule has 7 heteroatoms. The van der Waals surface area contributed by atoms with Crippen LogP contribution in [0.15, 0.2) is 23.6 Å². The zero-order chi connectivity index (χ0) is 15.1. The van der Waals surface area contributed by atoms with Crippen molar-refractivity contribution in [3.63, 3.8) is 0 Å². The molecule has 0 radical (unpaired) electrons. The van der Waals surface area contributed by atoms with Crippen LogP contribution in [-0.2, 0) is 6.54 Å². The van der Waals surface area contributed by atoms with Gasteiger partial charge in [0.2, 0.25) is 0 Å². The van der Waals surface area contributed by atoms with Crippen molar-refractivity contribution >= 4 is 17.4 Å². The summed E-state index contributed by atoms with van der Waals surface area (Å²) in [4.78, 5) is 11.7. The minimum Gasteiger partial charge on any atom is -0.395 e. The van der Waals surface area contributed by atoms with Crippen LogP contribution in [0.2, 0.25) is 0 Å². The summed E-state index contributed by atoms with van der Waals surface area (Å²) < 4.78 is 17.3. The fraction of sp³-hybridized carbons (Fsp3) is 0.214. The molecule has 0 unspecified atom stereocenters. The molecule has 0 aliphatic carbocycles. The van der Waals surface area contributed by atoms with E-state index in [-0.39, 0.29) is 18.8 Å². The smallest absolute Gasteiger partial charge is 0.273 e. The molecular formula is C14H12FN3O2S. The highest BCUT2D eigenvalue weighted by atomic mass is 32.1. The van der Waals surface area contributed by atoms with Gasteiger partial charge in [-0.25, -0.2) is 4.39 Å². The third kappa shape index (κ3) is 4.34. The van der Waals surface area contributed by atoms with Gasteiger partial charge in [-0.2, -0.15) is 0 Å². The van der Waals surface area contributed by atoms with E-state index in [2.05, 4.69) is 26.7 Å². The van der Waals surface area contributed by atoms with Gasteiger partial charge >= 0.3 is 0 Å². The number of aliphatic hydroxyl groups excluding tert-OH is 1. The maximum absolute atomic E-state index is 13.7. The van der Waals surface area contributed by atoms with Crippen LogP contribution >= 0.6 is 11.5 Å². The van der Waals surface area contributed by atoms with E-state index in [1.807, 2.05) is 0 Å². The molecule has 0 aliphatic heterocycles. The molecule has 0 spiro atoms. The third-order valence-electron chi connectivity index (χ3n) is 2.55. The summed E-state index contributed by atoms with van der Waals surface area (Å²) in [5.74, 6) is 4.76. The van der Waals surface area contributed by atoms with E-state index < -0.39 is 11.7 Å². The van der Waals surface area contributed by atoms with E-state index in [9.17, 15) is 9.18 Å². The Morgan fingerprint density at radius 1 is 1.48 bits per heavy atom. The molecule has 5 nitrogen and oxygen atoms in total. The van der Waals surface area contributed by atoms with Crippen LogP contribution in [0, 0.1) is 17.7 Å². The largest absolute Gasteiger partial charge is 0.395 e. The quantitative estimate of drug-likeness (QED) is 0.836. The van der Waals surface area contributed by atoms with Gasteiger partial charge in [0.1, 0.15) is 5.82 Å². The number of hydrogen-bond donors (Lipinski definition) is 2. The van der Waals surface area contributed by atoms with Gasteiger partial charge in [-0.15, -0.1) is 5.10 Å². The second-order valence-corrected chi connectivity index (χ2v) is 4.66. The van der Waals surface area contributed by atoms with Gasteiger partial charge in [0.05, 0.1) is 6.61 Å². The molecule has 2 rings (SSSR count). The first-order valence-corrected chi connectivity index (χ1v) is 6.98. The lowest BCUT2D eigenvalue weighted by Gasteiger charge is -2.05. The van der Waals surface area contributed by atoms with E-state index >= 15 is 0 Å². The number of nitrogens with one attached hydrogen (secondary N) is 1. The fourth-order valence-electron chi connectivity index (χ4n) is 1.54. The summed E-state index contributed by atoms with van der Waals surface area (Å²) in [6, 6.07) is 4.42. The van der Waals surface area contributed by atoms with E-state index in [0.29, 0.717) is 17.5 Å². The van der Waals surface area contributed by atoms with Gasteiger partial charge < -0.3 is 10.4 Å². The van der Waals surface area contributed by atoms with Crippen molar-refractivity contribution in [2.24, 2.45) is 0 Å². The summed E-state index contributed by atoms with van der Waals surface area (Å²) in [5.41, 5.74) is 1.17. The lowest BCUT2D eigenvalue weighted by molar-refractivity contribution is 0.0945. The number of halogens is 1. The highest BCUT2D eigenvalue weighted by Gasteiger charge is 2.10. The van der Waals surface area contributed by atoms with Crippen LogP contribution in [0.25, 0.3) is 0 Å². The summed E-state index contributed by atoms with van der Waals surface area (Å²) in [6.45, 7) is 0.0243. The molecule has 1 aromatic heterocycles. The van der Waals surface area contributed by atoms with E-state index in [0.717, 1.165) is 11.5 Å².